The van der Waals surface area contributed by atoms with Gasteiger partial charge in [-0.3, -0.25) is 9.69 Å². The van der Waals surface area contributed by atoms with E-state index in [1.165, 1.54) is 4.90 Å². The van der Waals surface area contributed by atoms with Gasteiger partial charge in [-0.25, -0.2) is 9.59 Å². The first kappa shape index (κ1) is 20.0. The summed E-state index contributed by atoms with van der Waals surface area (Å²) in [5.41, 5.74) is 3.25. The molecule has 0 aromatic heterocycles. The van der Waals surface area contributed by atoms with Crippen LogP contribution >= 0.6 is 11.8 Å². The van der Waals surface area contributed by atoms with Crippen molar-refractivity contribution < 1.29 is 19.1 Å². The quantitative estimate of drug-likeness (QED) is 0.570. The molecule has 0 spiro atoms. The first-order chi connectivity index (χ1) is 14.5. The summed E-state index contributed by atoms with van der Waals surface area (Å²) >= 11 is 1.61. The van der Waals surface area contributed by atoms with Crippen LogP contribution in [0.25, 0.3) is 0 Å². The summed E-state index contributed by atoms with van der Waals surface area (Å²) in [6.45, 7) is 1.68. The zero-order valence-corrected chi connectivity index (χ0v) is 17.4. The van der Waals surface area contributed by atoms with Crippen molar-refractivity contribution in [2.45, 2.75) is 17.9 Å². The number of nitrogens with one attached hydrogen (secondary N) is 2. The van der Waals surface area contributed by atoms with E-state index in [0.29, 0.717) is 17.0 Å². The van der Waals surface area contributed by atoms with E-state index >= 15 is 0 Å². The highest BCUT2D eigenvalue weighted by atomic mass is 32.2. The molecule has 2 aromatic rings. The van der Waals surface area contributed by atoms with Crippen molar-refractivity contribution in [1.82, 2.24) is 10.2 Å². The molecule has 30 heavy (non-hydrogen) atoms. The number of nitrogens with zero attached hydrogens (tertiary/aromatic N) is 1. The Morgan fingerprint density at radius 1 is 1.23 bits per heavy atom. The molecule has 0 unspecified atom stereocenters. The van der Waals surface area contributed by atoms with Gasteiger partial charge in [0.05, 0.1) is 17.3 Å². The van der Waals surface area contributed by atoms with Gasteiger partial charge >= 0.3 is 12.0 Å². The van der Waals surface area contributed by atoms with Crippen LogP contribution in [0.3, 0.4) is 0 Å². The van der Waals surface area contributed by atoms with Crippen LogP contribution in [0.15, 0.2) is 64.7 Å². The number of amides is 3. The van der Waals surface area contributed by atoms with Crippen molar-refractivity contribution in [1.29, 1.82) is 0 Å². The van der Waals surface area contributed by atoms with Gasteiger partial charge in [0.1, 0.15) is 13.2 Å². The maximum absolute atomic E-state index is 12.8. The molecule has 2 aromatic carbocycles. The van der Waals surface area contributed by atoms with E-state index < -0.39 is 18.0 Å². The number of urea groups is 1. The number of aryl methyl sites for hydroxylation is 1. The largest absolute Gasteiger partial charge is 0.456 e. The van der Waals surface area contributed by atoms with Crippen LogP contribution in [0.1, 0.15) is 17.2 Å². The number of ether oxygens (including phenoxy) is 1. The summed E-state index contributed by atoms with van der Waals surface area (Å²) < 4.78 is 5.21. The molecule has 0 aliphatic carbocycles. The van der Waals surface area contributed by atoms with Crippen LogP contribution < -0.4 is 10.6 Å². The van der Waals surface area contributed by atoms with Gasteiger partial charge in [0.15, 0.2) is 0 Å². The lowest BCUT2D eigenvalue weighted by molar-refractivity contribution is -0.136. The third-order valence-corrected chi connectivity index (χ3v) is 5.79. The van der Waals surface area contributed by atoms with Crippen LogP contribution in [0, 0.1) is 6.92 Å². The molecule has 2 heterocycles. The first-order valence-electron chi connectivity index (χ1n) is 9.45. The maximum atomic E-state index is 12.8. The summed E-state index contributed by atoms with van der Waals surface area (Å²) in [4.78, 5) is 40.1. The Bertz CT molecular complexity index is 1050. The fourth-order valence-electron chi connectivity index (χ4n) is 3.59. The van der Waals surface area contributed by atoms with Gasteiger partial charge in [-0.1, -0.05) is 24.3 Å². The van der Waals surface area contributed by atoms with E-state index in [1.54, 1.807) is 17.8 Å². The molecule has 3 amide bonds. The van der Waals surface area contributed by atoms with Crippen LogP contribution in [0.2, 0.25) is 0 Å². The summed E-state index contributed by atoms with van der Waals surface area (Å²) in [6.07, 6.45) is 1.98. The fourth-order valence-corrected chi connectivity index (χ4v) is 4.00. The number of carbonyl (C=O) groups is 3. The van der Waals surface area contributed by atoms with Gasteiger partial charge in [-0.15, -0.1) is 11.8 Å². The molecule has 0 saturated carbocycles. The normalized spacial score (nSPS) is 18.1. The van der Waals surface area contributed by atoms with E-state index in [2.05, 4.69) is 10.6 Å². The molecule has 2 N–H and O–H groups in total. The van der Waals surface area contributed by atoms with Crippen LogP contribution in [-0.4, -0.2) is 42.2 Å². The van der Waals surface area contributed by atoms with Crippen molar-refractivity contribution in [3.8, 4) is 0 Å². The molecule has 154 valence electrons. The van der Waals surface area contributed by atoms with Crippen molar-refractivity contribution in [2.75, 3.05) is 24.7 Å². The second kappa shape index (κ2) is 8.23. The number of cyclic esters (lactones) is 1. The van der Waals surface area contributed by atoms with Crippen LogP contribution in [0.4, 0.5) is 10.5 Å². The van der Waals surface area contributed by atoms with Crippen LogP contribution in [-0.2, 0) is 14.3 Å². The van der Waals surface area contributed by atoms with Gasteiger partial charge in [0.2, 0.25) is 5.91 Å². The molecular weight excluding hydrogens is 402 g/mol. The van der Waals surface area contributed by atoms with Gasteiger partial charge in [0.25, 0.3) is 0 Å². The summed E-state index contributed by atoms with van der Waals surface area (Å²) in [7, 11) is 0. The minimum absolute atomic E-state index is 0.0291. The fraction of sp³-hybridized carbons (Fsp3) is 0.227. The lowest BCUT2D eigenvalue weighted by Crippen LogP contribution is -2.49. The average molecular weight is 423 g/mol. The Balaban J connectivity index is 1.58. The molecule has 4 rings (SSSR count). The van der Waals surface area contributed by atoms with E-state index in [0.717, 1.165) is 16.0 Å². The Kier molecular flexibility index (Phi) is 5.50. The average Bonchev–Trinajstić information content (AvgIpc) is 3.11. The molecule has 0 fully saturated rings. The summed E-state index contributed by atoms with van der Waals surface area (Å²) in [5.74, 6) is -0.835. The Hall–Kier alpha value is -3.26. The Labute approximate surface area is 178 Å². The second-order valence-electron chi connectivity index (χ2n) is 7.10. The first-order valence-corrected chi connectivity index (χ1v) is 10.7. The predicted octanol–water partition coefficient (Wildman–Crippen LogP) is 3.23. The van der Waals surface area contributed by atoms with Gasteiger partial charge < -0.3 is 15.4 Å². The number of hydrogen-bond acceptors (Lipinski definition) is 5. The number of carbonyl (C=O) groups excluding carboxylic acids is 3. The summed E-state index contributed by atoms with van der Waals surface area (Å²) in [5, 5.41) is 5.63. The number of hydrogen-bond donors (Lipinski definition) is 2. The summed E-state index contributed by atoms with van der Waals surface area (Å²) in [6, 6.07) is 14.0. The molecule has 7 nitrogen and oxygen atoms in total. The minimum Gasteiger partial charge on any atom is -0.456 e. The molecule has 0 saturated heterocycles. The van der Waals surface area contributed by atoms with Gasteiger partial charge in [0, 0.05) is 10.6 Å². The lowest BCUT2D eigenvalue weighted by Gasteiger charge is -2.32. The van der Waals surface area contributed by atoms with Crippen molar-refractivity contribution in [3.05, 3.63) is 70.9 Å². The smallest absolute Gasteiger partial charge is 0.338 e. The Morgan fingerprint density at radius 2 is 2.00 bits per heavy atom. The zero-order valence-electron chi connectivity index (χ0n) is 16.6. The number of benzene rings is 2. The highest BCUT2D eigenvalue weighted by Gasteiger charge is 2.42. The predicted molar refractivity (Wildman–Crippen MR) is 114 cm³/mol. The van der Waals surface area contributed by atoms with E-state index in [1.807, 2.05) is 55.6 Å². The standard InChI is InChI=1S/C22H21N3O4S/c1-13-4-3-5-15(10-13)23-18(26)11-25-17-12-29-21(27)19(17)20(24-22(25)28)14-6-8-16(30-2)9-7-14/h3-10,20H,11-12H2,1-2H3,(H,23,26)(H,24,28)/t20-/m0/s1. The minimum atomic E-state index is -0.602. The molecule has 2 aliphatic heterocycles. The number of rotatable bonds is 5. The second-order valence-corrected chi connectivity index (χ2v) is 7.98. The molecular formula is C22H21N3O4S. The van der Waals surface area contributed by atoms with E-state index in [4.69, 9.17) is 4.74 Å². The molecule has 1 atom stereocenters. The number of esters is 1. The third kappa shape index (κ3) is 3.91. The molecule has 8 heteroatoms. The topological polar surface area (TPSA) is 87.7 Å². The monoisotopic (exact) mass is 423 g/mol. The van der Waals surface area contributed by atoms with E-state index in [9.17, 15) is 14.4 Å². The molecule has 0 radical (unpaired) electrons. The Morgan fingerprint density at radius 3 is 2.70 bits per heavy atom. The third-order valence-electron chi connectivity index (χ3n) is 5.05. The van der Waals surface area contributed by atoms with Gasteiger partial charge in [-0.05, 0) is 48.6 Å². The van der Waals surface area contributed by atoms with Crippen LogP contribution in [0.5, 0.6) is 0 Å². The maximum Gasteiger partial charge on any atom is 0.338 e. The lowest BCUT2D eigenvalue weighted by atomic mass is 9.96. The van der Waals surface area contributed by atoms with Gasteiger partial charge in [-0.2, -0.15) is 0 Å². The highest BCUT2D eigenvalue weighted by Crippen LogP contribution is 2.35. The number of anilines is 1. The van der Waals surface area contributed by atoms with E-state index in [-0.39, 0.29) is 19.1 Å². The van der Waals surface area contributed by atoms with Crippen molar-refractivity contribution in [2.24, 2.45) is 0 Å². The van der Waals surface area contributed by atoms with Crippen molar-refractivity contribution >= 4 is 35.4 Å². The zero-order chi connectivity index (χ0) is 21.3. The molecule has 2 aliphatic rings. The SMILES string of the molecule is CSc1ccc([C@@H]2NC(=O)N(CC(=O)Nc3cccc(C)c3)C3=C2C(=O)OC3)cc1. The van der Waals surface area contributed by atoms with Crippen molar-refractivity contribution in [3.63, 3.8) is 0 Å². The molecule has 0 bridgehead atoms. The number of thioether (sulfide) groups is 1. The highest BCUT2D eigenvalue weighted by molar-refractivity contribution is 7.98.